The molecule has 1 unspecified atom stereocenters. The second-order valence-electron chi connectivity index (χ2n) is 10.9. The van der Waals surface area contributed by atoms with Crippen molar-refractivity contribution in [1.82, 2.24) is 15.5 Å². The van der Waals surface area contributed by atoms with Gasteiger partial charge in [-0.2, -0.15) is 13.2 Å². The molecule has 198 valence electrons. The standard InChI is InChI=1S/C29H34F3N3O2/c30-29(31,32)23-8-4-7-22(17-23)27(37)33-18-26(36)35-16-15-28(19-35)14-13-25(28)34-24-11-9-21(10-12-24)20-5-2-1-3-6-20/h1-8,17,21,24-25,34H,9-16,18-19H2,(H,33,37)/t21?,24?,25?,28-/m1/s1. The molecular formula is C29H34F3N3O2. The third-order valence-electron chi connectivity index (χ3n) is 8.70. The average Bonchev–Trinajstić information content (AvgIpc) is 3.38. The number of alkyl halides is 3. The number of hydrogen-bond acceptors (Lipinski definition) is 3. The first-order valence-corrected chi connectivity index (χ1v) is 13.3. The van der Waals surface area contributed by atoms with E-state index in [2.05, 4.69) is 41.0 Å². The van der Waals surface area contributed by atoms with E-state index in [1.54, 1.807) is 4.90 Å². The van der Waals surface area contributed by atoms with Gasteiger partial charge in [0.2, 0.25) is 5.91 Å². The number of nitrogens with one attached hydrogen (secondary N) is 2. The molecule has 2 aliphatic carbocycles. The molecule has 2 saturated carbocycles. The molecule has 37 heavy (non-hydrogen) atoms. The van der Waals surface area contributed by atoms with Gasteiger partial charge in [0.05, 0.1) is 12.1 Å². The first kappa shape index (κ1) is 25.8. The Morgan fingerprint density at radius 2 is 1.70 bits per heavy atom. The van der Waals surface area contributed by atoms with Gasteiger partial charge in [-0.05, 0) is 74.6 Å². The van der Waals surface area contributed by atoms with Gasteiger partial charge in [-0.1, -0.05) is 36.4 Å². The lowest BCUT2D eigenvalue weighted by Crippen LogP contribution is -2.58. The highest BCUT2D eigenvalue weighted by Gasteiger charge is 2.52. The van der Waals surface area contributed by atoms with Crippen LogP contribution >= 0.6 is 0 Å². The van der Waals surface area contributed by atoms with Crippen LogP contribution in [0.1, 0.15) is 72.3 Å². The minimum Gasteiger partial charge on any atom is -0.343 e. The van der Waals surface area contributed by atoms with E-state index < -0.39 is 17.6 Å². The first-order chi connectivity index (χ1) is 17.7. The van der Waals surface area contributed by atoms with Crippen molar-refractivity contribution in [2.75, 3.05) is 19.6 Å². The number of likely N-dealkylation sites (tertiary alicyclic amines) is 1. The molecule has 2 aromatic rings. The predicted molar refractivity (Wildman–Crippen MR) is 135 cm³/mol. The summed E-state index contributed by atoms with van der Waals surface area (Å²) in [5, 5.41) is 6.41. The van der Waals surface area contributed by atoms with Gasteiger partial charge in [0, 0.05) is 36.2 Å². The molecule has 8 heteroatoms. The van der Waals surface area contributed by atoms with E-state index in [1.807, 2.05) is 0 Å². The summed E-state index contributed by atoms with van der Waals surface area (Å²) in [6.45, 7) is 1.10. The number of benzene rings is 2. The van der Waals surface area contributed by atoms with Gasteiger partial charge >= 0.3 is 6.18 Å². The van der Waals surface area contributed by atoms with Crippen LogP contribution in [0.5, 0.6) is 0 Å². The Balaban J connectivity index is 1.09. The Hall–Kier alpha value is -2.87. The lowest BCUT2D eigenvalue weighted by molar-refractivity contribution is -0.137. The van der Waals surface area contributed by atoms with Crippen LogP contribution in [0.3, 0.4) is 0 Å². The Kier molecular flexibility index (Phi) is 7.30. The maximum Gasteiger partial charge on any atom is 0.416 e. The molecule has 1 aliphatic heterocycles. The fourth-order valence-corrected chi connectivity index (χ4v) is 6.36. The minimum atomic E-state index is -4.52. The fraction of sp³-hybridized carbons (Fsp3) is 0.517. The van der Waals surface area contributed by atoms with Crippen molar-refractivity contribution in [2.45, 2.75) is 69.1 Å². The van der Waals surface area contributed by atoms with E-state index in [1.165, 1.54) is 30.5 Å². The molecule has 5 nitrogen and oxygen atoms in total. The lowest BCUT2D eigenvalue weighted by Gasteiger charge is -2.49. The third-order valence-corrected chi connectivity index (χ3v) is 8.70. The summed E-state index contributed by atoms with van der Waals surface area (Å²) in [6, 6.07) is 15.9. The average molecular weight is 514 g/mol. The van der Waals surface area contributed by atoms with E-state index in [4.69, 9.17) is 0 Å². The Morgan fingerprint density at radius 3 is 2.38 bits per heavy atom. The van der Waals surface area contributed by atoms with Gasteiger partial charge in [0.15, 0.2) is 0 Å². The van der Waals surface area contributed by atoms with Crippen LogP contribution < -0.4 is 10.6 Å². The molecule has 0 bridgehead atoms. The molecule has 2 aromatic carbocycles. The normalized spacial score (nSPS) is 27.6. The van der Waals surface area contributed by atoms with Gasteiger partial charge in [0.25, 0.3) is 5.91 Å². The van der Waals surface area contributed by atoms with Crippen LogP contribution in [0.2, 0.25) is 0 Å². The van der Waals surface area contributed by atoms with Crippen LogP contribution in [0.4, 0.5) is 13.2 Å². The first-order valence-electron chi connectivity index (χ1n) is 13.3. The summed E-state index contributed by atoms with van der Waals surface area (Å²) in [5.41, 5.74) is 0.540. The largest absolute Gasteiger partial charge is 0.416 e. The minimum absolute atomic E-state index is 0.0942. The molecule has 3 aliphatic rings. The monoisotopic (exact) mass is 513 g/mol. The number of hydrogen-bond donors (Lipinski definition) is 2. The Morgan fingerprint density at radius 1 is 0.946 bits per heavy atom. The summed E-state index contributed by atoms with van der Waals surface area (Å²) in [4.78, 5) is 27.0. The molecule has 2 atom stereocenters. The predicted octanol–water partition coefficient (Wildman–Crippen LogP) is 5.13. The van der Waals surface area contributed by atoms with Gasteiger partial charge in [-0.25, -0.2) is 0 Å². The molecule has 1 spiro atoms. The number of amides is 2. The molecule has 2 N–H and O–H groups in total. The SMILES string of the molecule is O=C(NCC(=O)N1CC[C@]2(CCC2NC2CCC(c3ccccc3)CC2)C1)c1cccc(C(F)(F)F)c1. The van der Waals surface area contributed by atoms with Gasteiger partial charge in [0.1, 0.15) is 0 Å². The van der Waals surface area contributed by atoms with E-state index in [9.17, 15) is 22.8 Å². The second-order valence-corrected chi connectivity index (χ2v) is 10.9. The second kappa shape index (κ2) is 10.5. The van der Waals surface area contributed by atoms with Crippen LogP contribution in [0.15, 0.2) is 54.6 Å². The molecule has 0 aromatic heterocycles. The highest BCUT2D eigenvalue weighted by Crippen LogP contribution is 2.49. The van der Waals surface area contributed by atoms with Crippen LogP contribution in [0, 0.1) is 5.41 Å². The van der Waals surface area contributed by atoms with Crippen molar-refractivity contribution in [3.05, 3.63) is 71.3 Å². The van der Waals surface area contributed by atoms with Gasteiger partial charge in [-0.15, -0.1) is 0 Å². The van der Waals surface area contributed by atoms with Crippen LogP contribution in [-0.4, -0.2) is 48.4 Å². The number of nitrogens with zero attached hydrogens (tertiary/aromatic N) is 1. The summed E-state index contributed by atoms with van der Waals surface area (Å²) in [5.74, 6) is -0.228. The highest BCUT2D eigenvalue weighted by molar-refractivity contribution is 5.96. The number of carbonyl (C=O) groups excluding carboxylic acids is 2. The quantitative estimate of drug-likeness (QED) is 0.563. The third kappa shape index (κ3) is 5.69. The zero-order chi connectivity index (χ0) is 26.0. The van der Waals surface area contributed by atoms with Crippen molar-refractivity contribution in [1.29, 1.82) is 0 Å². The maximum atomic E-state index is 12.9. The Bertz CT molecular complexity index is 1110. The fourth-order valence-electron chi connectivity index (χ4n) is 6.36. The van der Waals surface area contributed by atoms with Crippen LogP contribution in [-0.2, 0) is 11.0 Å². The van der Waals surface area contributed by atoms with E-state index >= 15 is 0 Å². The summed E-state index contributed by atoms with van der Waals surface area (Å²) < 4.78 is 38.8. The van der Waals surface area contributed by atoms with Crippen molar-refractivity contribution in [3.63, 3.8) is 0 Å². The smallest absolute Gasteiger partial charge is 0.343 e. The number of rotatable bonds is 6. The van der Waals surface area contributed by atoms with Crippen molar-refractivity contribution < 1.29 is 22.8 Å². The molecule has 5 rings (SSSR count). The van der Waals surface area contributed by atoms with E-state index in [0.29, 0.717) is 31.1 Å². The van der Waals surface area contributed by atoms with Gasteiger partial charge in [-0.3, -0.25) is 9.59 Å². The molecule has 1 heterocycles. The molecule has 2 amide bonds. The topological polar surface area (TPSA) is 61.4 Å². The van der Waals surface area contributed by atoms with Gasteiger partial charge < -0.3 is 15.5 Å². The summed E-state index contributed by atoms with van der Waals surface area (Å²) in [7, 11) is 0. The molecule has 3 fully saturated rings. The number of carbonyl (C=O) groups is 2. The van der Waals surface area contributed by atoms with E-state index in [-0.39, 0.29) is 23.4 Å². The molecule has 0 radical (unpaired) electrons. The summed E-state index contributed by atoms with van der Waals surface area (Å²) >= 11 is 0. The lowest BCUT2D eigenvalue weighted by atomic mass is 9.63. The maximum absolute atomic E-state index is 12.9. The van der Waals surface area contributed by atoms with Crippen molar-refractivity contribution in [3.8, 4) is 0 Å². The van der Waals surface area contributed by atoms with Crippen LogP contribution in [0.25, 0.3) is 0 Å². The Labute approximate surface area is 215 Å². The van der Waals surface area contributed by atoms with Crippen molar-refractivity contribution in [2.24, 2.45) is 5.41 Å². The van der Waals surface area contributed by atoms with Crippen molar-refractivity contribution >= 4 is 11.8 Å². The highest BCUT2D eigenvalue weighted by atomic mass is 19.4. The zero-order valence-corrected chi connectivity index (χ0v) is 20.9. The summed E-state index contributed by atoms with van der Waals surface area (Å²) in [6.07, 6.45) is 3.33. The molecule has 1 saturated heterocycles. The van der Waals surface area contributed by atoms with E-state index in [0.717, 1.165) is 44.2 Å². The number of halogens is 3. The molecular weight excluding hydrogens is 479 g/mol. The zero-order valence-electron chi connectivity index (χ0n) is 20.9.